The van der Waals surface area contributed by atoms with Crippen molar-refractivity contribution in [1.82, 2.24) is 20.7 Å². The lowest BCUT2D eigenvalue weighted by atomic mass is 10.2. The van der Waals surface area contributed by atoms with Crippen molar-refractivity contribution in [2.45, 2.75) is 19.4 Å². The molecule has 0 unspecified atom stereocenters. The monoisotopic (exact) mass is 478 g/mol. The lowest BCUT2D eigenvalue weighted by Gasteiger charge is -2.12. The number of fused-ring (bicyclic) bond motifs is 1. The molecule has 1 heterocycles. The van der Waals surface area contributed by atoms with E-state index in [-0.39, 0.29) is 29.9 Å². The smallest absolute Gasteiger partial charge is 0.258 e. The molecule has 0 atom stereocenters. The van der Waals surface area contributed by atoms with Crippen LogP contribution in [-0.2, 0) is 16.1 Å². The molecule has 3 N–H and O–H groups in total. The molecule has 0 aliphatic carbocycles. The van der Waals surface area contributed by atoms with Crippen LogP contribution in [0.15, 0.2) is 54.7 Å². The number of halogens is 2. The highest BCUT2D eigenvalue weighted by atomic mass is 35.5. The Hall–Kier alpha value is -2.81. The fourth-order valence-electron chi connectivity index (χ4n) is 2.83. The molecule has 162 valence electrons. The van der Waals surface area contributed by atoms with Crippen LogP contribution >= 0.6 is 35.4 Å². The number of thiocarbonyl (C=S) groups is 1. The molecule has 0 radical (unpaired) electrons. The highest BCUT2D eigenvalue weighted by Crippen LogP contribution is 2.27. The summed E-state index contributed by atoms with van der Waals surface area (Å²) >= 11 is 16.9. The SMILES string of the molecule is O=C(Cn1ccc2ccccc21)NNC(=S)NC(=O)CCCOc1ccc(Cl)cc1Cl. The van der Waals surface area contributed by atoms with Gasteiger partial charge >= 0.3 is 0 Å². The second-order valence-corrected chi connectivity index (χ2v) is 7.83. The number of aromatic nitrogens is 1. The number of hydrogen-bond donors (Lipinski definition) is 3. The normalized spacial score (nSPS) is 10.5. The lowest BCUT2D eigenvalue weighted by molar-refractivity contribution is -0.122. The van der Waals surface area contributed by atoms with Gasteiger partial charge in [0.2, 0.25) is 5.91 Å². The third-order valence-electron chi connectivity index (χ3n) is 4.26. The zero-order chi connectivity index (χ0) is 22.2. The number of carbonyl (C=O) groups is 2. The van der Waals surface area contributed by atoms with Crippen LogP contribution in [0.4, 0.5) is 0 Å². The lowest BCUT2D eigenvalue weighted by Crippen LogP contribution is -2.49. The first kappa shape index (κ1) is 22.9. The molecule has 2 amide bonds. The zero-order valence-electron chi connectivity index (χ0n) is 16.4. The van der Waals surface area contributed by atoms with Crippen LogP contribution in [0.25, 0.3) is 10.9 Å². The van der Waals surface area contributed by atoms with Gasteiger partial charge in [0.25, 0.3) is 5.91 Å². The van der Waals surface area contributed by atoms with Crippen molar-refractivity contribution in [3.05, 3.63) is 64.8 Å². The highest BCUT2D eigenvalue weighted by Gasteiger charge is 2.09. The second-order valence-electron chi connectivity index (χ2n) is 6.58. The molecule has 1 aromatic heterocycles. The summed E-state index contributed by atoms with van der Waals surface area (Å²) in [4.78, 5) is 24.1. The van der Waals surface area contributed by atoms with Crippen LogP contribution in [-0.4, -0.2) is 28.1 Å². The molecule has 0 spiro atoms. The predicted molar refractivity (Wildman–Crippen MR) is 125 cm³/mol. The summed E-state index contributed by atoms with van der Waals surface area (Å²) in [5.74, 6) is -0.0954. The standard InChI is InChI=1S/C21H20Cl2N4O3S/c22-15-7-8-18(16(23)12-15)30-11-3-6-19(28)24-21(31)26-25-20(29)13-27-10-9-14-4-1-2-5-17(14)27/h1-2,4-5,7-10,12H,3,6,11,13H2,(H,25,29)(H2,24,26,28,31). The Morgan fingerprint density at radius 2 is 1.84 bits per heavy atom. The van der Waals surface area contributed by atoms with E-state index < -0.39 is 0 Å². The van der Waals surface area contributed by atoms with Crippen LogP contribution in [0, 0.1) is 0 Å². The number of hydrogen-bond acceptors (Lipinski definition) is 4. The molecule has 0 fully saturated rings. The summed E-state index contributed by atoms with van der Waals surface area (Å²) < 4.78 is 7.35. The van der Waals surface area contributed by atoms with Crippen molar-refractivity contribution >= 4 is 63.2 Å². The van der Waals surface area contributed by atoms with E-state index >= 15 is 0 Å². The first-order chi connectivity index (χ1) is 14.9. The van der Waals surface area contributed by atoms with Crippen molar-refractivity contribution in [2.24, 2.45) is 0 Å². The number of amides is 2. The Morgan fingerprint density at radius 3 is 2.65 bits per heavy atom. The molecule has 10 heteroatoms. The maximum Gasteiger partial charge on any atom is 0.258 e. The Balaban J connectivity index is 1.33. The van der Waals surface area contributed by atoms with Crippen LogP contribution < -0.4 is 20.9 Å². The summed E-state index contributed by atoms with van der Waals surface area (Å²) in [7, 11) is 0. The summed E-state index contributed by atoms with van der Waals surface area (Å²) in [6.45, 7) is 0.415. The molecule has 2 aromatic carbocycles. The van der Waals surface area contributed by atoms with Crippen LogP contribution in [0.5, 0.6) is 5.75 Å². The largest absolute Gasteiger partial charge is 0.492 e. The number of para-hydroxylation sites is 1. The third-order valence-corrected chi connectivity index (χ3v) is 5.00. The maximum absolute atomic E-state index is 12.1. The summed E-state index contributed by atoms with van der Waals surface area (Å²) in [5.41, 5.74) is 5.96. The van der Waals surface area contributed by atoms with Crippen molar-refractivity contribution in [2.75, 3.05) is 6.61 Å². The van der Waals surface area contributed by atoms with Gasteiger partial charge < -0.3 is 14.6 Å². The van der Waals surface area contributed by atoms with E-state index in [4.69, 9.17) is 40.2 Å². The number of ether oxygens (including phenoxy) is 1. The van der Waals surface area contributed by atoms with Gasteiger partial charge in [0, 0.05) is 23.2 Å². The molecular formula is C21H20Cl2N4O3S. The number of hydrazine groups is 1. The number of rotatable bonds is 7. The van der Waals surface area contributed by atoms with Crippen molar-refractivity contribution in [3.63, 3.8) is 0 Å². The molecule has 0 aliphatic rings. The molecule has 7 nitrogen and oxygen atoms in total. The minimum Gasteiger partial charge on any atom is -0.492 e. The van der Waals surface area contributed by atoms with E-state index in [0.29, 0.717) is 28.8 Å². The molecule has 0 saturated carbocycles. The minimum atomic E-state index is -0.300. The molecule has 0 bridgehead atoms. The average molecular weight is 479 g/mol. The first-order valence-electron chi connectivity index (χ1n) is 9.43. The Labute approximate surface area is 194 Å². The number of benzene rings is 2. The molecule has 3 rings (SSSR count). The average Bonchev–Trinajstić information content (AvgIpc) is 3.14. The number of nitrogens with one attached hydrogen (secondary N) is 3. The van der Waals surface area contributed by atoms with Crippen molar-refractivity contribution < 1.29 is 14.3 Å². The van der Waals surface area contributed by atoms with Gasteiger partial charge in [-0.05, 0) is 54.4 Å². The fourth-order valence-corrected chi connectivity index (χ4v) is 3.45. The van der Waals surface area contributed by atoms with Gasteiger partial charge in [0.15, 0.2) is 5.11 Å². The van der Waals surface area contributed by atoms with E-state index in [9.17, 15) is 9.59 Å². The topological polar surface area (TPSA) is 84.4 Å². The summed E-state index contributed by atoms with van der Waals surface area (Å²) in [6, 6.07) is 14.6. The van der Waals surface area contributed by atoms with Gasteiger partial charge in [-0.15, -0.1) is 0 Å². The van der Waals surface area contributed by atoms with E-state index in [0.717, 1.165) is 10.9 Å². The Kier molecular flexibility index (Phi) is 8.11. The predicted octanol–water partition coefficient (Wildman–Crippen LogP) is 3.83. The van der Waals surface area contributed by atoms with Crippen molar-refractivity contribution in [3.8, 4) is 5.75 Å². The molecule has 3 aromatic rings. The Morgan fingerprint density at radius 1 is 1.03 bits per heavy atom. The van der Waals surface area contributed by atoms with Gasteiger partial charge in [0.05, 0.1) is 11.6 Å². The Bertz CT molecular complexity index is 1100. The zero-order valence-corrected chi connectivity index (χ0v) is 18.7. The van der Waals surface area contributed by atoms with Gasteiger partial charge in [-0.2, -0.15) is 0 Å². The highest BCUT2D eigenvalue weighted by molar-refractivity contribution is 7.80. The molecule has 0 aliphatic heterocycles. The number of nitrogens with zero attached hydrogens (tertiary/aromatic N) is 1. The third kappa shape index (κ3) is 6.85. The van der Waals surface area contributed by atoms with E-state index in [2.05, 4.69) is 16.2 Å². The molecule has 31 heavy (non-hydrogen) atoms. The first-order valence-corrected chi connectivity index (χ1v) is 10.6. The maximum atomic E-state index is 12.1. The quantitative estimate of drug-likeness (QED) is 0.273. The molecule has 0 saturated heterocycles. The van der Waals surface area contributed by atoms with Gasteiger partial charge in [-0.3, -0.25) is 20.4 Å². The van der Waals surface area contributed by atoms with Crippen LogP contribution in [0.2, 0.25) is 10.0 Å². The van der Waals surface area contributed by atoms with Crippen LogP contribution in [0.3, 0.4) is 0 Å². The van der Waals surface area contributed by atoms with E-state index in [1.165, 1.54) is 0 Å². The van der Waals surface area contributed by atoms with Crippen molar-refractivity contribution in [1.29, 1.82) is 0 Å². The van der Waals surface area contributed by atoms with E-state index in [1.54, 1.807) is 18.2 Å². The summed E-state index contributed by atoms with van der Waals surface area (Å²) in [6.07, 6.45) is 2.49. The van der Waals surface area contributed by atoms with Gasteiger partial charge in [-0.25, -0.2) is 0 Å². The van der Waals surface area contributed by atoms with Gasteiger partial charge in [-0.1, -0.05) is 41.4 Å². The second kappa shape index (κ2) is 11.0. The van der Waals surface area contributed by atoms with Gasteiger partial charge in [0.1, 0.15) is 12.3 Å². The van der Waals surface area contributed by atoms with Crippen LogP contribution in [0.1, 0.15) is 12.8 Å². The number of carbonyl (C=O) groups excluding carboxylic acids is 2. The summed E-state index contributed by atoms with van der Waals surface area (Å²) in [5, 5.41) is 4.49. The minimum absolute atomic E-state index is 0.0115. The van der Waals surface area contributed by atoms with E-state index in [1.807, 2.05) is 41.1 Å². The molecular weight excluding hydrogens is 459 g/mol. The fraction of sp³-hybridized carbons (Fsp3) is 0.190.